The fraction of sp³-hybridized carbons (Fsp3) is 0.370. The Hall–Kier alpha value is -3.65. The van der Waals surface area contributed by atoms with Crippen LogP contribution in [0, 0.1) is 0 Å². The highest BCUT2D eigenvalue weighted by Crippen LogP contribution is 2.35. The maximum Gasteiger partial charge on any atom is 0.289 e. The fourth-order valence-corrected chi connectivity index (χ4v) is 5.16. The van der Waals surface area contributed by atoms with Gasteiger partial charge in [0.1, 0.15) is 29.0 Å². The van der Waals surface area contributed by atoms with Crippen LogP contribution in [-0.2, 0) is 4.74 Å². The number of carbonyl (C=O) groups is 1. The van der Waals surface area contributed by atoms with Gasteiger partial charge in [-0.25, -0.2) is 9.97 Å². The Balaban J connectivity index is 1.18. The highest BCUT2D eigenvalue weighted by Gasteiger charge is 2.32. The normalized spacial score (nSPS) is 18.9. The van der Waals surface area contributed by atoms with E-state index in [4.69, 9.17) is 18.9 Å². The molecule has 0 saturated carbocycles. The maximum atomic E-state index is 13.2. The number of imidazole rings is 1. The van der Waals surface area contributed by atoms with Crippen LogP contribution in [0.15, 0.2) is 59.1 Å². The van der Waals surface area contributed by atoms with Gasteiger partial charge in [-0.15, -0.1) is 0 Å². The molecule has 1 aromatic carbocycles. The molecule has 0 spiro atoms. The van der Waals surface area contributed by atoms with E-state index in [0.717, 1.165) is 60.6 Å². The van der Waals surface area contributed by atoms with E-state index in [1.807, 2.05) is 53.6 Å². The molecule has 2 aliphatic heterocycles. The zero-order chi connectivity index (χ0) is 23.8. The van der Waals surface area contributed by atoms with Gasteiger partial charge >= 0.3 is 0 Å². The van der Waals surface area contributed by atoms with Gasteiger partial charge in [0, 0.05) is 37.5 Å². The second-order valence-corrected chi connectivity index (χ2v) is 9.10. The quantitative estimate of drug-likeness (QED) is 0.405. The largest absolute Gasteiger partial charge is 0.497 e. The molecule has 3 aromatic heterocycles. The van der Waals surface area contributed by atoms with Crippen molar-refractivity contribution in [2.75, 3.05) is 26.8 Å². The molecular formula is C27H28N4O4. The van der Waals surface area contributed by atoms with Crippen molar-refractivity contribution in [3.63, 3.8) is 0 Å². The van der Waals surface area contributed by atoms with Crippen molar-refractivity contribution < 1.29 is 18.7 Å². The number of rotatable bonds is 5. The van der Waals surface area contributed by atoms with Gasteiger partial charge in [0.2, 0.25) is 0 Å². The Bertz CT molecular complexity index is 1330. The number of fused-ring (bicyclic) bond motifs is 1. The first-order valence-electron chi connectivity index (χ1n) is 12.2. The van der Waals surface area contributed by atoms with Crippen LogP contribution in [0.25, 0.3) is 22.5 Å². The van der Waals surface area contributed by atoms with Gasteiger partial charge in [0.25, 0.3) is 5.91 Å². The Morgan fingerprint density at radius 2 is 1.89 bits per heavy atom. The molecule has 5 heterocycles. The maximum absolute atomic E-state index is 13.2. The number of likely N-dealkylation sites (tertiary alicyclic amines) is 1. The van der Waals surface area contributed by atoms with Gasteiger partial charge < -0.3 is 23.4 Å². The molecule has 0 N–H and O–H groups in total. The third kappa shape index (κ3) is 4.08. The lowest BCUT2D eigenvalue weighted by Gasteiger charge is -2.33. The number of nitrogens with zero attached hydrogens (tertiary/aromatic N) is 4. The molecule has 0 aliphatic carbocycles. The number of amides is 1. The van der Waals surface area contributed by atoms with E-state index in [9.17, 15) is 4.79 Å². The lowest BCUT2D eigenvalue weighted by atomic mass is 10.0. The monoisotopic (exact) mass is 472 g/mol. The molecule has 8 heteroatoms. The van der Waals surface area contributed by atoms with Crippen LogP contribution < -0.4 is 4.74 Å². The first-order valence-corrected chi connectivity index (χ1v) is 12.2. The summed E-state index contributed by atoms with van der Waals surface area (Å²) in [7, 11) is 1.64. The summed E-state index contributed by atoms with van der Waals surface area (Å²) in [4.78, 5) is 24.6. The predicted octanol–water partition coefficient (Wildman–Crippen LogP) is 5.03. The standard InChI is InChI=1S/C27H28N4O4/c1-33-20-8-6-18(7-9-20)22-10-11-24(35-22)27(32)30-15-12-19(13-16-30)31-25-21(4-2-14-28-25)29-26(31)23-5-3-17-34-23/h2,4,6-11,14,19,23H,3,5,12-13,15-17H2,1H3/t23-/m0/s1. The van der Waals surface area contributed by atoms with Crippen molar-refractivity contribution in [1.29, 1.82) is 0 Å². The second-order valence-electron chi connectivity index (χ2n) is 9.10. The molecule has 35 heavy (non-hydrogen) atoms. The van der Waals surface area contributed by atoms with Crippen LogP contribution in [0.2, 0.25) is 0 Å². The Morgan fingerprint density at radius 3 is 2.63 bits per heavy atom. The summed E-state index contributed by atoms with van der Waals surface area (Å²) in [5.41, 5.74) is 2.71. The minimum absolute atomic E-state index is 0.0170. The predicted molar refractivity (Wildman–Crippen MR) is 130 cm³/mol. The summed E-state index contributed by atoms with van der Waals surface area (Å²) in [5, 5.41) is 0. The molecular weight excluding hydrogens is 444 g/mol. The lowest BCUT2D eigenvalue weighted by molar-refractivity contribution is 0.0652. The first kappa shape index (κ1) is 21.9. The molecule has 6 rings (SSSR count). The van der Waals surface area contributed by atoms with Crippen LogP contribution >= 0.6 is 0 Å². The Morgan fingerprint density at radius 1 is 1.06 bits per heavy atom. The molecule has 2 aliphatic rings. The fourth-order valence-electron chi connectivity index (χ4n) is 5.16. The molecule has 4 aromatic rings. The van der Waals surface area contributed by atoms with E-state index < -0.39 is 0 Å². The van der Waals surface area contributed by atoms with Crippen molar-refractivity contribution in [1.82, 2.24) is 19.4 Å². The summed E-state index contributed by atoms with van der Waals surface area (Å²) in [6.07, 6.45) is 5.53. The van der Waals surface area contributed by atoms with Gasteiger partial charge in [-0.1, -0.05) is 0 Å². The molecule has 2 saturated heterocycles. The Labute approximate surface area is 203 Å². The summed E-state index contributed by atoms with van der Waals surface area (Å²) in [5.74, 6) is 2.71. The number of benzene rings is 1. The minimum Gasteiger partial charge on any atom is -0.497 e. The smallest absolute Gasteiger partial charge is 0.289 e. The van der Waals surface area contributed by atoms with E-state index in [1.165, 1.54) is 0 Å². The van der Waals surface area contributed by atoms with E-state index in [0.29, 0.717) is 24.6 Å². The first-order chi connectivity index (χ1) is 17.2. The zero-order valence-electron chi connectivity index (χ0n) is 19.7. The average molecular weight is 473 g/mol. The van der Waals surface area contributed by atoms with Crippen LogP contribution in [0.3, 0.4) is 0 Å². The van der Waals surface area contributed by atoms with E-state index in [1.54, 1.807) is 13.2 Å². The number of furan rings is 1. The molecule has 180 valence electrons. The van der Waals surface area contributed by atoms with Crippen molar-refractivity contribution in [2.45, 2.75) is 37.8 Å². The molecule has 1 amide bonds. The number of piperidine rings is 1. The van der Waals surface area contributed by atoms with Crippen molar-refractivity contribution >= 4 is 17.1 Å². The van der Waals surface area contributed by atoms with Crippen LogP contribution in [-0.4, -0.2) is 52.1 Å². The number of hydrogen-bond donors (Lipinski definition) is 0. The number of aromatic nitrogens is 3. The second kappa shape index (κ2) is 9.19. The van der Waals surface area contributed by atoms with Crippen molar-refractivity contribution in [3.05, 3.63) is 66.3 Å². The number of pyridine rings is 1. The van der Waals surface area contributed by atoms with Gasteiger partial charge in [-0.3, -0.25) is 4.79 Å². The molecule has 8 nitrogen and oxygen atoms in total. The van der Waals surface area contributed by atoms with Crippen molar-refractivity contribution in [2.24, 2.45) is 0 Å². The van der Waals surface area contributed by atoms with Crippen LogP contribution in [0.4, 0.5) is 0 Å². The lowest BCUT2D eigenvalue weighted by Crippen LogP contribution is -2.39. The third-order valence-electron chi connectivity index (χ3n) is 7.00. The highest BCUT2D eigenvalue weighted by molar-refractivity contribution is 5.92. The van der Waals surface area contributed by atoms with Gasteiger partial charge in [-0.05, 0) is 74.2 Å². The Kier molecular flexibility index (Phi) is 5.74. The summed E-state index contributed by atoms with van der Waals surface area (Å²) in [6.45, 7) is 2.08. The third-order valence-corrected chi connectivity index (χ3v) is 7.00. The van der Waals surface area contributed by atoms with Gasteiger partial charge in [0.05, 0.1) is 7.11 Å². The van der Waals surface area contributed by atoms with Crippen LogP contribution in [0.1, 0.15) is 54.2 Å². The SMILES string of the molecule is COc1ccc(-c2ccc(C(=O)N3CCC(n4c([C@@H]5CCCO5)nc5cccnc54)CC3)o2)cc1. The minimum atomic E-state index is -0.0730. The molecule has 1 atom stereocenters. The molecule has 0 bridgehead atoms. The zero-order valence-corrected chi connectivity index (χ0v) is 19.7. The number of methoxy groups -OCH3 is 1. The van der Waals surface area contributed by atoms with Gasteiger partial charge in [-0.2, -0.15) is 0 Å². The number of hydrogen-bond acceptors (Lipinski definition) is 6. The summed E-state index contributed by atoms with van der Waals surface area (Å²) in [6, 6.07) is 15.4. The summed E-state index contributed by atoms with van der Waals surface area (Å²) < 4.78 is 19.4. The molecule has 0 radical (unpaired) electrons. The summed E-state index contributed by atoms with van der Waals surface area (Å²) >= 11 is 0. The van der Waals surface area contributed by atoms with E-state index >= 15 is 0 Å². The number of ether oxygens (including phenoxy) is 2. The van der Waals surface area contributed by atoms with Gasteiger partial charge in [0.15, 0.2) is 11.4 Å². The molecule has 2 fully saturated rings. The topological polar surface area (TPSA) is 82.6 Å². The molecule has 0 unspecified atom stereocenters. The van der Waals surface area contributed by atoms with Crippen LogP contribution in [0.5, 0.6) is 5.75 Å². The number of carbonyl (C=O) groups excluding carboxylic acids is 1. The van der Waals surface area contributed by atoms with E-state index in [-0.39, 0.29) is 18.1 Å². The van der Waals surface area contributed by atoms with E-state index in [2.05, 4.69) is 9.55 Å². The average Bonchev–Trinajstić information content (AvgIpc) is 3.68. The highest BCUT2D eigenvalue weighted by atomic mass is 16.5. The van der Waals surface area contributed by atoms with Crippen molar-refractivity contribution in [3.8, 4) is 17.1 Å².